The molecule has 2 aliphatic rings. The van der Waals surface area contributed by atoms with Gasteiger partial charge in [0.1, 0.15) is 5.75 Å². The SMILES string of the molecule is Cc1ncc(CO)c2c1O[C@@]1(C)C[C@@H]2[C@H](S(=O)(=O)c2ccccc2)C(=O)N1. The van der Waals surface area contributed by atoms with Crippen molar-refractivity contribution in [1.82, 2.24) is 10.3 Å². The lowest BCUT2D eigenvalue weighted by Crippen LogP contribution is -2.64. The standard InChI is InChI=1S/C19H20N2O5S/c1-11-16-15(12(10-22)9-20-11)14-8-19(2,26-16)21-18(23)17(14)27(24,25)13-6-4-3-5-7-13/h3-7,9,14,17,22H,8,10H2,1-2H3,(H,21,23)/t14-,17-,19-/m0/s1. The Balaban J connectivity index is 1.94. The number of pyridine rings is 1. The van der Waals surface area contributed by atoms with Crippen LogP contribution < -0.4 is 10.1 Å². The van der Waals surface area contributed by atoms with Crippen LogP contribution in [0.15, 0.2) is 41.4 Å². The summed E-state index contributed by atoms with van der Waals surface area (Å²) < 4.78 is 32.6. The van der Waals surface area contributed by atoms with Gasteiger partial charge < -0.3 is 15.2 Å². The van der Waals surface area contributed by atoms with E-state index in [1.54, 1.807) is 32.0 Å². The molecular formula is C19H20N2O5S. The maximum atomic E-state index is 13.3. The highest BCUT2D eigenvalue weighted by molar-refractivity contribution is 7.92. The maximum absolute atomic E-state index is 13.3. The van der Waals surface area contributed by atoms with Crippen LogP contribution in [0.2, 0.25) is 0 Å². The van der Waals surface area contributed by atoms with Crippen molar-refractivity contribution in [2.45, 2.75) is 48.7 Å². The maximum Gasteiger partial charge on any atom is 0.242 e. The minimum Gasteiger partial charge on any atom is -0.466 e. The summed E-state index contributed by atoms with van der Waals surface area (Å²) >= 11 is 0. The molecule has 0 unspecified atom stereocenters. The van der Waals surface area contributed by atoms with E-state index < -0.39 is 32.6 Å². The number of fused-ring (bicyclic) bond motifs is 4. The van der Waals surface area contributed by atoms with Crippen molar-refractivity contribution in [3.05, 3.63) is 53.3 Å². The zero-order chi connectivity index (χ0) is 19.4. The van der Waals surface area contributed by atoms with Crippen LogP contribution in [0.1, 0.15) is 36.1 Å². The fourth-order valence-corrected chi connectivity index (χ4v) is 5.89. The number of aromatic nitrogens is 1. The van der Waals surface area contributed by atoms with Crippen LogP contribution >= 0.6 is 0 Å². The Labute approximate surface area is 157 Å². The molecule has 142 valence electrons. The van der Waals surface area contributed by atoms with Crippen molar-refractivity contribution in [2.75, 3.05) is 0 Å². The van der Waals surface area contributed by atoms with E-state index in [0.29, 0.717) is 29.0 Å². The van der Waals surface area contributed by atoms with Gasteiger partial charge in [0.15, 0.2) is 20.8 Å². The molecule has 1 fully saturated rings. The van der Waals surface area contributed by atoms with E-state index >= 15 is 0 Å². The van der Waals surface area contributed by atoms with Gasteiger partial charge in [-0.15, -0.1) is 0 Å². The molecule has 3 heterocycles. The van der Waals surface area contributed by atoms with Gasteiger partial charge in [0.25, 0.3) is 0 Å². The lowest BCUT2D eigenvalue weighted by molar-refractivity contribution is -0.132. The average molecular weight is 388 g/mol. The summed E-state index contributed by atoms with van der Waals surface area (Å²) in [5, 5.41) is 11.2. The lowest BCUT2D eigenvalue weighted by Gasteiger charge is -2.47. The monoisotopic (exact) mass is 388 g/mol. The van der Waals surface area contributed by atoms with E-state index in [1.165, 1.54) is 18.3 Å². The number of hydrogen-bond donors (Lipinski definition) is 2. The Kier molecular flexibility index (Phi) is 4.01. The molecule has 8 heteroatoms. The number of carbonyl (C=O) groups is 1. The van der Waals surface area contributed by atoms with Crippen LogP contribution in [0.5, 0.6) is 5.75 Å². The Morgan fingerprint density at radius 3 is 2.70 bits per heavy atom. The van der Waals surface area contributed by atoms with Crippen LogP contribution in [0.3, 0.4) is 0 Å². The minimum absolute atomic E-state index is 0.0955. The summed E-state index contributed by atoms with van der Waals surface area (Å²) in [4.78, 5) is 17.2. The number of piperidine rings is 1. The molecule has 0 radical (unpaired) electrons. The summed E-state index contributed by atoms with van der Waals surface area (Å²) in [6.07, 6.45) is 1.80. The van der Waals surface area contributed by atoms with Gasteiger partial charge >= 0.3 is 0 Å². The third kappa shape index (κ3) is 2.71. The van der Waals surface area contributed by atoms with Crippen molar-refractivity contribution < 1.29 is 23.1 Å². The zero-order valence-corrected chi connectivity index (χ0v) is 15.8. The molecule has 2 N–H and O–H groups in total. The number of aliphatic hydroxyl groups excluding tert-OH is 1. The second kappa shape index (κ2) is 6.03. The van der Waals surface area contributed by atoms with E-state index in [4.69, 9.17) is 4.74 Å². The third-order valence-corrected chi connectivity index (χ3v) is 7.37. The molecule has 2 bridgehead atoms. The summed E-state index contributed by atoms with van der Waals surface area (Å²) in [5.41, 5.74) is 0.607. The Hall–Kier alpha value is -2.45. The van der Waals surface area contributed by atoms with Crippen LogP contribution in [0.25, 0.3) is 0 Å². The molecule has 0 aliphatic carbocycles. The number of nitrogens with zero attached hydrogens (tertiary/aromatic N) is 1. The van der Waals surface area contributed by atoms with Crippen LogP contribution in [0, 0.1) is 6.92 Å². The van der Waals surface area contributed by atoms with E-state index in [9.17, 15) is 18.3 Å². The van der Waals surface area contributed by atoms with Gasteiger partial charge in [-0.1, -0.05) is 18.2 Å². The molecule has 1 aromatic carbocycles. The summed E-state index contributed by atoms with van der Waals surface area (Å²) in [6, 6.07) is 7.95. The zero-order valence-electron chi connectivity index (χ0n) is 15.0. The summed E-state index contributed by atoms with van der Waals surface area (Å²) in [6.45, 7) is 3.16. The van der Waals surface area contributed by atoms with E-state index in [2.05, 4.69) is 10.3 Å². The van der Waals surface area contributed by atoms with Gasteiger partial charge in [-0.05, 0) is 26.0 Å². The lowest BCUT2D eigenvalue weighted by atomic mass is 9.79. The molecule has 1 aromatic heterocycles. The largest absolute Gasteiger partial charge is 0.466 e. The number of benzene rings is 1. The molecule has 1 amide bonds. The molecule has 4 rings (SSSR count). The van der Waals surface area contributed by atoms with E-state index in [-0.39, 0.29) is 11.5 Å². The van der Waals surface area contributed by atoms with Crippen LogP contribution in [-0.4, -0.2) is 35.4 Å². The molecule has 1 saturated heterocycles. The first-order valence-electron chi connectivity index (χ1n) is 8.66. The predicted octanol–water partition coefficient (Wildman–Crippen LogP) is 1.44. The van der Waals surface area contributed by atoms with Gasteiger partial charge in [0, 0.05) is 29.7 Å². The molecule has 0 spiro atoms. The van der Waals surface area contributed by atoms with Gasteiger partial charge in [-0.2, -0.15) is 0 Å². The topological polar surface area (TPSA) is 106 Å². The number of carbonyl (C=O) groups excluding carboxylic acids is 1. The number of nitrogens with one attached hydrogen (secondary N) is 1. The molecule has 27 heavy (non-hydrogen) atoms. The van der Waals surface area contributed by atoms with Gasteiger partial charge in [-0.3, -0.25) is 9.78 Å². The van der Waals surface area contributed by atoms with E-state index in [0.717, 1.165) is 0 Å². The fourth-order valence-electron chi connectivity index (χ4n) is 4.06. The van der Waals surface area contributed by atoms with Crippen LogP contribution in [-0.2, 0) is 21.2 Å². The Morgan fingerprint density at radius 2 is 2.04 bits per heavy atom. The van der Waals surface area contributed by atoms with Crippen molar-refractivity contribution in [1.29, 1.82) is 0 Å². The number of ether oxygens (including phenoxy) is 1. The summed E-state index contributed by atoms with van der Waals surface area (Å²) in [5.74, 6) is -0.795. The van der Waals surface area contributed by atoms with Crippen molar-refractivity contribution in [3.63, 3.8) is 0 Å². The van der Waals surface area contributed by atoms with Crippen molar-refractivity contribution >= 4 is 15.7 Å². The number of aliphatic hydroxyl groups is 1. The molecule has 3 atom stereocenters. The number of hydrogen-bond acceptors (Lipinski definition) is 6. The molecule has 2 aromatic rings. The first kappa shape index (κ1) is 17.9. The highest BCUT2D eigenvalue weighted by atomic mass is 32.2. The quantitative estimate of drug-likeness (QED) is 0.824. The molecule has 2 aliphatic heterocycles. The van der Waals surface area contributed by atoms with Gasteiger partial charge in [0.2, 0.25) is 5.91 Å². The first-order chi connectivity index (χ1) is 12.8. The highest BCUT2D eigenvalue weighted by Gasteiger charge is 2.55. The second-order valence-electron chi connectivity index (χ2n) is 7.18. The number of rotatable bonds is 3. The third-order valence-electron chi connectivity index (χ3n) is 5.23. The van der Waals surface area contributed by atoms with Crippen molar-refractivity contribution in [3.8, 4) is 5.75 Å². The minimum atomic E-state index is -3.94. The average Bonchev–Trinajstić information content (AvgIpc) is 2.62. The van der Waals surface area contributed by atoms with Crippen molar-refractivity contribution in [2.24, 2.45) is 0 Å². The second-order valence-corrected chi connectivity index (χ2v) is 9.25. The predicted molar refractivity (Wildman–Crippen MR) is 96.8 cm³/mol. The Morgan fingerprint density at radius 1 is 1.33 bits per heavy atom. The highest BCUT2D eigenvalue weighted by Crippen LogP contribution is 2.49. The normalized spacial score (nSPS) is 26.7. The number of sulfone groups is 1. The van der Waals surface area contributed by atoms with Gasteiger partial charge in [0.05, 0.1) is 17.2 Å². The smallest absolute Gasteiger partial charge is 0.242 e. The number of aryl methyl sites for hydroxylation is 1. The number of amides is 1. The molecule has 7 nitrogen and oxygen atoms in total. The Bertz CT molecular complexity index is 1020. The summed E-state index contributed by atoms with van der Waals surface area (Å²) in [7, 11) is -3.94. The molecular weight excluding hydrogens is 368 g/mol. The first-order valence-corrected chi connectivity index (χ1v) is 10.2. The van der Waals surface area contributed by atoms with Crippen LogP contribution in [0.4, 0.5) is 0 Å². The molecule has 0 saturated carbocycles. The van der Waals surface area contributed by atoms with E-state index in [1.807, 2.05) is 0 Å². The fraction of sp³-hybridized carbons (Fsp3) is 0.368. The van der Waals surface area contributed by atoms with Gasteiger partial charge in [-0.25, -0.2) is 8.42 Å².